The summed E-state index contributed by atoms with van der Waals surface area (Å²) in [5, 5.41) is 12.0. The Morgan fingerprint density at radius 1 is 1.28 bits per heavy atom. The quantitative estimate of drug-likeness (QED) is 0.659. The maximum absolute atomic E-state index is 5.14. The summed E-state index contributed by atoms with van der Waals surface area (Å²) in [5.41, 5.74) is 2.97. The first-order valence-electron chi connectivity index (χ1n) is 8.28. The molecule has 3 aromatic heterocycles. The van der Waals surface area contributed by atoms with Crippen LogP contribution in [0.3, 0.4) is 0 Å². The number of ether oxygens (including phenoxy) is 1. The number of piperidine rings is 1. The molecular formula is C16H20N6OS2. The van der Waals surface area contributed by atoms with Crippen LogP contribution in [-0.2, 0) is 13.1 Å². The molecule has 1 saturated heterocycles. The number of aromatic nitrogens is 5. The molecule has 0 spiro atoms. The third kappa shape index (κ3) is 3.88. The first-order chi connectivity index (χ1) is 12.3. The molecule has 0 amide bonds. The highest BCUT2D eigenvalue weighted by Crippen LogP contribution is 2.28. The molecule has 132 valence electrons. The van der Waals surface area contributed by atoms with Gasteiger partial charge in [0.05, 0.1) is 31.4 Å². The third-order valence-electron chi connectivity index (χ3n) is 4.42. The SMILES string of the molecule is COc1nnc(CN2CCCC(c3nccn3Cc3cscn3)C2)s1. The lowest BCUT2D eigenvalue weighted by atomic mass is 9.97. The van der Waals surface area contributed by atoms with Crippen LogP contribution in [0.5, 0.6) is 5.19 Å². The lowest BCUT2D eigenvalue weighted by Gasteiger charge is -2.31. The van der Waals surface area contributed by atoms with E-state index in [2.05, 4.69) is 41.2 Å². The topological polar surface area (TPSA) is 69.0 Å². The molecule has 3 aromatic rings. The lowest BCUT2D eigenvalue weighted by molar-refractivity contribution is 0.194. The Morgan fingerprint density at radius 2 is 2.24 bits per heavy atom. The van der Waals surface area contributed by atoms with E-state index < -0.39 is 0 Å². The zero-order valence-corrected chi connectivity index (χ0v) is 15.7. The monoisotopic (exact) mass is 376 g/mol. The highest BCUT2D eigenvalue weighted by Gasteiger charge is 2.25. The maximum Gasteiger partial charge on any atom is 0.293 e. The molecule has 0 radical (unpaired) electrons. The molecule has 4 heterocycles. The van der Waals surface area contributed by atoms with Crippen LogP contribution in [0, 0.1) is 0 Å². The summed E-state index contributed by atoms with van der Waals surface area (Å²) in [6.45, 7) is 3.70. The second-order valence-electron chi connectivity index (χ2n) is 6.13. The average Bonchev–Trinajstić information content (AvgIpc) is 3.37. The summed E-state index contributed by atoms with van der Waals surface area (Å²) in [6.07, 6.45) is 6.30. The minimum atomic E-state index is 0.442. The predicted octanol–water partition coefficient (Wildman–Crippen LogP) is 2.63. The van der Waals surface area contributed by atoms with Crippen molar-refractivity contribution in [3.05, 3.63) is 39.8 Å². The van der Waals surface area contributed by atoms with Crippen LogP contribution in [0.15, 0.2) is 23.3 Å². The van der Waals surface area contributed by atoms with E-state index in [-0.39, 0.29) is 0 Å². The molecule has 1 atom stereocenters. The van der Waals surface area contributed by atoms with E-state index in [4.69, 9.17) is 4.74 Å². The van der Waals surface area contributed by atoms with Crippen molar-refractivity contribution in [2.45, 2.75) is 31.8 Å². The van der Waals surface area contributed by atoms with Crippen molar-refractivity contribution in [2.75, 3.05) is 20.2 Å². The molecule has 9 heteroatoms. The van der Waals surface area contributed by atoms with E-state index in [9.17, 15) is 0 Å². The molecule has 0 aromatic carbocycles. The van der Waals surface area contributed by atoms with E-state index in [1.165, 1.54) is 24.2 Å². The van der Waals surface area contributed by atoms with Crippen molar-refractivity contribution in [2.24, 2.45) is 0 Å². The van der Waals surface area contributed by atoms with Crippen LogP contribution in [0.2, 0.25) is 0 Å². The second-order valence-corrected chi connectivity index (χ2v) is 7.88. The highest BCUT2D eigenvalue weighted by atomic mass is 32.1. The van der Waals surface area contributed by atoms with Gasteiger partial charge in [-0.25, -0.2) is 9.97 Å². The third-order valence-corrected chi connectivity index (χ3v) is 5.92. The molecule has 0 N–H and O–H groups in total. The van der Waals surface area contributed by atoms with Gasteiger partial charge in [-0.3, -0.25) is 4.90 Å². The first-order valence-corrected chi connectivity index (χ1v) is 10.0. The van der Waals surface area contributed by atoms with Crippen molar-refractivity contribution in [1.29, 1.82) is 0 Å². The molecule has 1 unspecified atom stereocenters. The summed E-state index contributed by atoms with van der Waals surface area (Å²) in [7, 11) is 1.63. The fraction of sp³-hybridized carbons (Fsp3) is 0.500. The molecule has 25 heavy (non-hydrogen) atoms. The van der Waals surface area contributed by atoms with Crippen molar-refractivity contribution in [3.8, 4) is 5.19 Å². The number of hydrogen-bond acceptors (Lipinski definition) is 8. The number of hydrogen-bond donors (Lipinski definition) is 0. The Labute approximate surface area is 154 Å². The summed E-state index contributed by atoms with van der Waals surface area (Å²) < 4.78 is 7.37. The van der Waals surface area contributed by atoms with Gasteiger partial charge in [-0.1, -0.05) is 11.3 Å². The van der Waals surface area contributed by atoms with Gasteiger partial charge in [0.25, 0.3) is 5.19 Å². The standard InChI is InChI=1S/C16H20N6OS2/c1-23-16-20-19-14(25-16)9-21-5-2-3-12(7-21)15-17-4-6-22(15)8-13-10-24-11-18-13/h4,6,10-12H,2-3,5,7-9H2,1H3. The van der Waals surface area contributed by atoms with E-state index in [0.717, 1.165) is 42.7 Å². The Hall–Kier alpha value is -1.84. The number of nitrogens with zero attached hydrogens (tertiary/aromatic N) is 6. The fourth-order valence-electron chi connectivity index (χ4n) is 3.29. The van der Waals surface area contributed by atoms with Gasteiger partial charge in [-0.05, 0) is 19.4 Å². The number of methoxy groups -OCH3 is 1. The molecule has 1 aliphatic rings. The summed E-state index contributed by atoms with van der Waals surface area (Å²) in [5.74, 6) is 1.60. The van der Waals surface area contributed by atoms with Crippen LogP contribution in [0.1, 0.15) is 35.3 Å². The maximum atomic E-state index is 5.14. The summed E-state index contributed by atoms with van der Waals surface area (Å²) >= 11 is 3.15. The Morgan fingerprint density at radius 3 is 3.04 bits per heavy atom. The molecular weight excluding hydrogens is 356 g/mol. The van der Waals surface area contributed by atoms with Gasteiger partial charge in [0.1, 0.15) is 10.8 Å². The van der Waals surface area contributed by atoms with E-state index in [1.807, 2.05) is 11.7 Å². The van der Waals surface area contributed by atoms with Gasteiger partial charge in [-0.15, -0.1) is 21.5 Å². The van der Waals surface area contributed by atoms with Gasteiger partial charge in [0.2, 0.25) is 0 Å². The molecule has 0 saturated carbocycles. The first kappa shape index (κ1) is 16.6. The molecule has 4 rings (SSSR count). The molecule has 0 bridgehead atoms. The van der Waals surface area contributed by atoms with Gasteiger partial charge in [-0.2, -0.15) is 0 Å². The second kappa shape index (κ2) is 7.59. The van der Waals surface area contributed by atoms with Gasteiger partial charge in [0, 0.05) is 30.2 Å². The van der Waals surface area contributed by atoms with Crippen LogP contribution < -0.4 is 4.74 Å². The van der Waals surface area contributed by atoms with Crippen molar-refractivity contribution < 1.29 is 4.74 Å². The molecule has 0 aliphatic carbocycles. The normalized spacial score (nSPS) is 18.5. The van der Waals surface area contributed by atoms with Crippen molar-refractivity contribution in [1.82, 2.24) is 29.6 Å². The molecule has 7 nitrogen and oxygen atoms in total. The predicted molar refractivity (Wildman–Crippen MR) is 97.2 cm³/mol. The minimum Gasteiger partial charge on any atom is -0.472 e. The Bertz CT molecular complexity index is 799. The molecule has 1 fully saturated rings. The van der Waals surface area contributed by atoms with E-state index in [0.29, 0.717) is 11.1 Å². The number of rotatable bonds is 6. The van der Waals surface area contributed by atoms with Crippen LogP contribution in [0.25, 0.3) is 0 Å². The van der Waals surface area contributed by atoms with Crippen molar-refractivity contribution in [3.63, 3.8) is 0 Å². The highest BCUT2D eigenvalue weighted by molar-refractivity contribution is 7.13. The minimum absolute atomic E-state index is 0.442. The summed E-state index contributed by atoms with van der Waals surface area (Å²) in [6, 6.07) is 0. The van der Waals surface area contributed by atoms with Crippen LogP contribution >= 0.6 is 22.7 Å². The van der Waals surface area contributed by atoms with Gasteiger partial charge >= 0.3 is 0 Å². The average molecular weight is 377 g/mol. The number of likely N-dealkylation sites (tertiary alicyclic amines) is 1. The van der Waals surface area contributed by atoms with Gasteiger partial charge in [0.15, 0.2) is 0 Å². The zero-order valence-electron chi connectivity index (χ0n) is 14.0. The molecule has 1 aliphatic heterocycles. The van der Waals surface area contributed by atoms with E-state index >= 15 is 0 Å². The largest absolute Gasteiger partial charge is 0.472 e. The Kier molecular flexibility index (Phi) is 5.04. The van der Waals surface area contributed by atoms with Crippen LogP contribution in [0.4, 0.5) is 0 Å². The Balaban J connectivity index is 1.43. The van der Waals surface area contributed by atoms with Crippen molar-refractivity contribution >= 4 is 22.7 Å². The summed E-state index contributed by atoms with van der Waals surface area (Å²) in [4.78, 5) is 11.5. The van der Waals surface area contributed by atoms with Gasteiger partial charge < -0.3 is 9.30 Å². The number of imidazole rings is 1. The number of thiazole rings is 1. The zero-order chi connectivity index (χ0) is 17.1. The fourth-order valence-corrected chi connectivity index (χ4v) is 4.54. The lowest BCUT2D eigenvalue weighted by Crippen LogP contribution is -2.35. The smallest absolute Gasteiger partial charge is 0.293 e. The van der Waals surface area contributed by atoms with E-state index in [1.54, 1.807) is 18.4 Å². The van der Waals surface area contributed by atoms with Crippen LogP contribution in [-0.4, -0.2) is 49.8 Å².